The number of unbranched alkanes of at least 4 members (excludes halogenated alkanes) is 1. The maximum absolute atomic E-state index is 15.0. The summed E-state index contributed by atoms with van der Waals surface area (Å²) in [6.07, 6.45) is 7.15. The van der Waals surface area contributed by atoms with Crippen molar-refractivity contribution < 1.29 is 18.7 Å². The van der Waals surface area contributed by atoms with Crippen LogP contribution in [0, 0.1) is 5.82 Å². The summed E-state index contributed by atoms with van der Waals surface area (Å²) >= 11 is 0. The lowest BCUT2D eigenvalue weighted by molar-refractivity contribution is 0.0636. The molecule has 2 saturated heterocycles. The van der Waals surface area contributed by atoms with Crippen LogP contribution in [0.2, 0.25) is 0 Å². The molecule has 0 saturated carbocycles. The van der Waals surface area contributed by atoms with Crippen molar-refractivity contribution in [1.29, 1.82) is 0 Å². The lowest BCUT2D eigenvalue weighted by Crippen LogP contribution is -2.43. The third-order valence-electron chi connectivity index (χ3n) is 7.50. The van der Waals surface area contributed by atoms with Gasteiger partial charge in [-0.1, -0.05) is 13.3 Å². The Morgan fingerprint density at radius 1 is 1.09 bits per heavy atom. The molecule has 0 spiro atoms. The molecule has 176 valence electrons. The molecule has 2 bridgehead atoms. The molecule has 0 N–H and O–H groups in total. The SMILES string of the molecule is CCCCOc1ccc2c(c1)CCN(c1ccc(O[C@H]3C[C@H]4CC[C@@H](C3)N4C)c(F)c1)C2=O. The molecule has 2 aromatic rings. The van der Waals surface area contributed by atoms with Crippen molar-refractivity contribution in [1.82, 2.24) is 4.90 Å². The molecule has 3 atom stereocenters. The zero-order chi connectivity index (χ0) is 22.9. The van der Waals surface area contributed by atoms with E-state index in [1.165, 1.54) is 18.9 Å². The van der Waals surface area contributed by atoms with Crippen molar-refractivity contribution in [2.75, 3.05) is 25.1 Å². The molecule has 0 aromatic heterocycles. The zero-order valence-corrected chi connectivity index (χ0v) is 19.6. The topological polar surface area (TPSA) is 42.0 Å². The summed E-state index contributed by atoms with van der Waals surface area (Å²) < 4.78 is 26.8. The van der Waals surface area contributed by atoms with Gasteiger partial charge in [0, 0.05) is 35.9 Å². The number of carbonyl (C=O) groups is 1. The van der Waals surface area contributed by atoms with Crippen molar-refractivity contribution in [2.24, 2.45) is 0 Å². The Morgan fingerprint density at radius 2 is 1.88 bits per heavy atom. The number of rotatable bonds is 7. The normalized spacial score (nSPS) is 24.6. The molecular weight excluding hydrogens is 419 g/mol. The highest BCUT2D eigenvalue weighted by molar-refractivity contribution is 6.08. The van der Waals surface area contributed by atoms with Crippen LogP contribution in [-0.4, -0.2) is 49.2 Å². The van der Waals surface area contributed by atoms with E-state index in [1.54, 1.807) is 17.0 Å². The van der Waals surface area contributed by atoms with E-state index in [-0.39, 0.29) is 17.8 Å². The van der Waals surface area contributed by atoms with Crippen LogP contribution in [-0.2, 0) is 6.42 Å². The van der Waals surface area contributed by atoms with Crippen LogP contribution in [0.3, 0.4) is 0 Å². The molecule has 5 nitrogen and oxygen atoms in total. The van der Waals surface area contributed by atoms with E-state index < -0.39 is 5.82 Å². The maximum Gasteiger partial charge on any atom is 0.258 e. The van der Waals surface area contributed by atoms with Crippen molar-refractivity contribution >= 4 is 11.6 Å². The highest BCUT2D eigenvalue weighted by atomic mass is 19.1. The van der Waals surface area contributed by atoms with Crippen LogP contribution in [0.1, 0.15) is 61.4 Å². The molecule has 0 aliphatic carbocycles. The second kappa shape index (κ2) is 9.34. The van der Waals surface area contributed by atoms with E-state index in [9.17, 15) is 9.18 Å². The summed E-state index contributed by atoms with van der Waals surface area (Å²) in [5.74, 6) is 0.582. The van der Waals surface area contributed by atoms with Gasteiger partial charge in [-0.15, -0.1) is 0 Å². The fourth-order valence-electron chi connectivity index (χ4n) is 5.53. The van der Waals surface area contributed by atoms with Crippen molar-refractivity contribution in [3.05, 3.63) is 53.3 Å². The number of benzene rings is 2. The second-order valence-electron chi connectivity index (χ2n) is 9.60. The predicted molar refractivity (Wildman–Crippen MR) is 127 cm³/mol. The average molecular weight is 453 g/mol. The molecule has 3 heterocycles. The van der Waals surface area contributed by atoms with Crippen LogP contribution in [0.15, 0.2) is 36.4 Å². The summed E-state index contributed by atoms with van der Waals surface area (Å²) in [6.45, 7) is 3.33. The third-order valence-corrected chi connectivity index (χ3v) is 7.50. The summed E-state index contributed by atoms with van der Waals surface area (Å²) in [6, 6.07) is 11.6. The first-order valence-corrected chi connectivity index (χ1v) is 12.3. The van der Waals surface area contributed by atoms with Gasteiger partial charge in [-0.05, 0) is 81.5 Å². The Kier molecular flexibility index (Phi) is 6.28. The monoisotopic (exact) mass is 452 g/mol. The van der Waals surface area contributed by atoms with Gasteiger partial charge in [-0.3, -0.25) is 4.79 Å². The molecular formula is C27H33FN2O3. The van der Waals surface area contributed by atoms with Crippen LogP contribution < -0.4 is 14.4 Å². The number of piperidine rings is 1. The van der Waals surface area contributed by atoms with E-state index in [0.29, 0.717) is 42.9 Å². The van der Waals surface area contributed by atoms with E-state index in [4.69, 9.17) is 9.47 Å². The Hall–Kier alpha value is -2.60. The number of nitrogens with zero attached hydrogens (tertiary/aromatic N) is 2. The highest BCUT2D eigenvalue weighted by Gasteiger charge is 2.39. The Labute approximate surface area is 195 Å². The fraction of sp³-hybridized carbons (Fsp3) is 0.519. The van der Waals surface area contributed by atoms with Crippen LogP contribution in [0.25, 0.3) is 0 Å². The van der Waals surface area contributed by atoms with E-state index in [2.05, 4.69) is 18.9 Å². The van der Waals surface area contributed by atoms with E-state index in [1.807, 2.05) is 18.2 Å². The molecule has 2 fully saturated rings. The quantitative estimate of drug-likeness (QED) is 0.541. The van der Waals surface area contributed by atoms with Gasteiger partial charge in [-0.25, -0.2) is 4.39 Å². The van der Waals surface area contributed by atoms with Crippen LogP contribution in [0.4, 0.5) is 10.1 Å². The van der Waals surface area contributed by atoms with E-state index in [0.717, 1.165) is 37.0 Å². The minimum absolute atomic E-state index is 0.0521. The lowest BCUT2D eigenvalue weighted by Gasteiger charge is -2.36. The van der Waals surface area contributed by atoms with Crippen LogP contribution in [0.5, 0.6) is 11.5 Å². The van der Waals surface area contributed by atoms with Gasteiger partial charge in [0.1, 0.15) is 11.9 Å². The zero-order valence-electron chi connectivity index (χ0n) is 19.6. The smallest absolute Gasteiger partial charge is 0.258 e. The summed E-state index contributed by atoms with van der Waals surface area (Å²) in [7, 11) is 2.18. The first-order valence-electron chi connectivity index (χ1n) is 12.3. The summed E-state index contributed by atoms with van der Waals surface area (Å²) in [5.41, 5.74) is 2.22. The fourth-order valence-corrected chi connectivity index (χ4v) is 5.53. The largest absolute Gasteiger partial charge is 0.494 e. The van der Waals surface area contributed by atoms with Gasteiger partial charge in [0.05, 0.1) is 6.61 Å². The van der Waals surface area contributed by atoms with Crippen molar-refractivity contribution in [2.45, 2.75) is 70.1 Å². The van der Waals surface area contributed by atoms with Gasteiger partial charge >= 0.3 is 0 Å². The number of amides is 1. The number of carbonyl (C=O) groups excluding carboxylic acids is 1. The lowest BCUT2D eigenvalue weighted by atomic mass is 9.98. The number of halogens is 1. The van der Waals surface area contributed by atoms with Gasteiger partial charge < -0.3 is 19.3 Å². The minimum atomic E-state index is -0.406. The number of anilines is 1. The Bertz CT molecular complexity index is 1010. The maximum atomic E-state index is 15.0. The molecule has 2 aromatic carbocycles. The molecule has 3 aliphatic heterocycles. The number of hydrogen-bond donors (Lipinski definition) is 0. The highest BCUT2D eigenvalue weighted by Crippen LogP contribution is 2.37. The molecule has 33 heavy (non-hydrogen) atoms. The van der Waals surface area contributed by atoms with Crippen molar-refractivity contribution in [3.8, 4) is 11.5 Å². The van der Waals surface area contributed by atoms with Crippen molar-refractivity contribution in [3.63, 3.8) is 0 Å². The molecule has 5 rings (SSSR count). The first-order chi connectivity index (χ1) is 16.0. The third kappa shape index (κ3) is 4.45. The molecule has 0 radical (unpaired) electrons. The summed E-state index contributed by atoms with van der Waals surface area (Å²) in [4.78, 5) is 17.2. The molecule has 0 unspecified atom stereocenters. The Balaban J connectivity index is 1.26. The Morgan fingerprint density at radius 3 is 2.61 bits per heavy atom. The molecule has 3 aliphatic rings. The van der Waals surface area contributed by atoms with Gasteiger partial charge in [0.25, 0.3) is 5.91 Å². The number of ether oxygens (including phenoxy) is 2. The van der Waals surface area contributed by atoms with Gasteiger partial charge in [0.15, 0.2) is 11.6 Å². The van der Waals surface area contributed by atoms with E-state index >= 15 is 0 Å². The summed E-state index contributed by atoms with van der Waals surface area (Å²) in [5, 5.41) is 0. The van der Waals surface area contributed by atoms with Gasteiger partial charge in [-0.2, -0.15) is 0 Å². The first kappa shape index (κ1) is 22.2. The average Bonchev–Trinajstić information content (AvgIpc) is 3.01. The standard InChI is InChI=1S/C27H33FN2O3/c1-3-4-13-32-22-8-9-24-18(14-22)11-12-30(27(24)31)21-7-10-26(25(28)17-21)33-23-15-19-5-6-20(16-23)29(19)2/h7-10,14,17,19-20,23H,3-6,11-13,15-16H2,1-2H3/t19-,20+,23+. The minimum Gasteiger partial charge on any atom is -0.494 e. The predicted octanol–water partition coefficient (Wildman–Crippen LogP) is 5.21. The number of fused-ring (bicyclic) bond motifs is 3. The second-order valence-corrected chi connectivity index (χ2v) is 9.60. The van der Waals surface area contributed by atoms with Gasteiger partial charge in [0.2, 0.25) is 0 Å². The number of hydrogen-bond acceptors (Lipinski definition) is 4. The van der Waals surface area contributed by atoms with Crippen LogP contribution >= 0.6 is 0 Å². The molecule has 1 amide bonds. The molecule has 6 heteroatoms.